The van der Waals surface area contributed by atoms with Crippen LogP contribution in [0.25, 0.3) is 0 Å². The van der Waals surface area contributed by atoms with Crippen LogP contribution in [-0.4, -0.2) is 20.3 Å². The van der Waals surface area contributed by atoms with Crippen LogP contribution in [0.1, 0.15) is 30.5 Å². The Bertz CT molecular complexity index is 668. The molecular formula is C20H27NO3. The van der Waals surface area contributed by atoms with Gasteiger partial charge in [0.05, 0.1) is 20.3 Å². The third-order valence-corrected chi connectivity index (χ3v) is 3.82. The standard InChI is InChI=1S/C20H27NO3/c1-14(2)24-18-8-6-7-16(11-18)12-21-13-17-9-10-19(22-4)20(23-5)15(17)3/h6-11,14,21H,12-13H2,1-5H3. The Morgan fingerprint density at radius 2 is 1.79 bits per heavy atom. The number of hydrogen-bond acceptors (Lipinski definition) is 4. The Balaban J connectivity index is 1.99. The fourth-order valence-electron chi connectivity index (χ4n) is 2.66. The van der Waals surface area contributed by atoms with E-state index in [4.69, 9.17) is 14.2 Å². The van der Waals surface area contributed by atoms with Crippen molar-refractivity contribution in [1.82, 2.24) is 5.32 Å². The van der Waals surface area contributed by atoms with Gasteiger partial charge in [0, 0.05) is 13.1 Å². The SMILES string of the molecule is COc1ccc(CNCc2cccc(OC(C)C)c2)c(C)c1OC. The zero-order chi connectivity index (χ0) is 17.5. The molecule has 2 rings (SSSR count). The minimum absolute atomic E-state index is 0.183. The molecule has 0 saturated carbocycles. The van der Waals surface area contributed by atoms with Crippen molar-refractivity contribution < 1.29 is 14.2 Å². The molecular weight excluding hydrogens is 302 g/mol. The summed E-state index contributed by atoms with van der Waals surface area (Å²) in [5.41, 5.74) is 3.50. The lowest BCUT2D eigenvalue weighted by Crippen LogP contribution is -2.14. The van der Waals surface area contributed by atoms with Gasteiger partial charge in [-0.25, -0.2) is 0 Å². The number of rotatable bonds is 8. The third-order valence-electron chi connectivity index (χ3n) is 3.82. The molecule has 24 heavy (non-hydrogen) atoms. The number of benzene rings is 2. The molecule has 0 aliphatic carbocycles. The molecule has 0 atom stereocenters. The van der Waals surface area contributed by atoms with Gasteiger partial charge in [0.15, 0.2) is 11.5 Å². The van der Waals surface area contributed by atoms with E-state index in [1.807, 2.05) is 32.0 Å². The van der Waals surface area contributed by atoms with Crippen LogP contribution in [0, 0.1) is 6.92 Å². The maximum Gasteiger partial charge on any atom is 0.163 e. The fraction of sp³-hybridized carbons (Fsp3) is 0.400. The highest BCUT2D eigenvalue weighted by Crippen LogP contribution is 2.32. The molecule has 2 aromatic rings. The molecule has 4 heteroatoms. The Kier molecular flexibility index (Phi) is 6.50. The average molecular weight is 329 g/mol. The zero-order valence-electron chi connectivity index (χ0n) is 15.2. The summed E-state index contributed by atoms with van der Waals surface area (Å²) >= 11 is 0. The summed E-state index contributed by atoms with van der Waals surface area (Å²) in [4.78, 5) is 0. The van der Waals surface area contributed by atoms with E-state index in [-0.39, 0.29) is 6.10 Å². The molecule has 2 aromatic carbocycles. The highest BCUT2D eigenvalue weighted by molar-refractivity contribution is 5.50. The van der Waals surface area contributed by atoms with Crippen molar-refractivity contribution >= 4 is 0 Å². The first-order chi connectivity index (χ1) is 11.5. The normalized spacial score (nSPS) is 10.8. The second-order valence-corrected chi connectivity index (χ2v) is 6.00. The van der Waals surface area contributed by atoms with Gasteiger partial charge < -0.3 is 19.5 Å². The van der Waals surface area contributed by atoms with E-state index < -0.39 is 0 Å². The van der Waals surface area contributed by atoms with Gasteiger partial charge in [0.1, 0.15) is 5.75 Å². The van der Waals surface area contributed by atoms with Crippen molar-refractivity contribution in [3.05, 3.63) is 53.1 Å². The summed E-state index contributed by atoms with van der Waals surface area (Å²) in [6.45, 7) is 7.66. The van der Waals surface area contributed by atoms with Crippen LogP contribution in [0.4, 0.5) is 0 Å². The van der Waals surface area contributed by atoms with Crippen LogP contribution in [0.2, 0.25) is 0 Å². The molecule has 0 saturated heterocycles. The van der Waals surface area contributed by atoms with Crippen molar-refractivity contribution in [2.24, 2.45) is 0 Å². The van der Waals surface area contributed by atoms with Crippen molar-refractivity contribution in [2.45, 2.75) is 40.0 Å². The topological polar surface area (TPSA) is 39.7 Å². The van der Waals surface area contributed by atoms with E-state index in [1.165, 1.54) is 11.1 Å². The molecule has 0 bridgehead atoms. The van der Waals surface area contributed by atoms with E-state index >= 15 is 0 Å². The monoisotopic (exact) mass is 329 g/mol. The van der Waals surface area contributed by atoms with Crippen molar-refractivity contribution in [3.8, 4) is 17.2 Å². The summed E-state index contributed by atoms with van der Waals surface area (Å²) in [6, 6.07) is 12.2. The Morgan fingerprint density at radius 3 is 2.46 bits per heavy atom. The molecule has 0 amide bonds. The molecule has 0 heterocycles. The van der Waals surface area contributed by atoms with Gasteiger partial charge in [-0.15, -0.1) is 0 Å². The van der Waals surface area contributed by atoms with Gasteiger partial charge in [-0.2, -0.15) is 0 Å². The molecule has 1 N–H and O–H groups in total. The molecule has 0 aliphatic rings. The lowest BCUT2D eigenvalue weighted by atomic mass is 10.1. The summed E-state index contributed by atoms with van der Waals surface area (Å²) in [5.74, 6) is 2.47. The first-order valence-electron chi connectivity index (χ1n) is 8.22. The average Bonchev–Trinajstić information content (AvgIpc) is 2.55. The maximum absolute atomic E-state index is 5.74. The zero-order valence-corrected chi connectivity index (χ0v) is 15.2. The number of nitrogens with one attached hydrogen (secondary N) is 1. The second-order valence-electron chi connectivity index (χ2n) is 6.00. The van der Waals surface area contributed by atoms with Crippen molar-refractivity contribution in [3.63, 3.8) is 0 Å². The molecule has 0 unspecified atom stereocenters. The smallest absolute Gasteiger partial charge is 0.163 e. The minimum atomic E-state index is 0.183. The van der Waals surface area contributed by atoms with Crippen LogP contribution >= 0.6 is 0 Å². The summed E-state index contributed by atoms with van der Waals surface area (Å²) < 4.78 is 16.5. The third kappa shape index (κ3) is 4.65. The molecule has 0 radical (unpaired) electrons. The van der Waals surface area contributed by atoms with E-state index in [9.17, 15) is 0 Å². The van der Waals surface area contributed by atoms with Crippen LogP contribution in [0.5, 0.6) is 17.2 Å². The molecule has 4 nitrogen and oxygen atoms in total. The van der Waals surface area contributed by atoms with Gasteiger partial charge >= 0.3 is 0 Å². The van der Waals surface area contributed by atoms with Crippen LogP contribution in [0.3, 0.4) is 0 Å². The van der Waals surface area contributed by atoms with Crippen LogP contribution < -0.4 is 19.5 Å². The number of methoxy groups -OCH3 is 2. The van der Waals surface area contributed by atoms with Gasteiger partial charge in [-0.05, 0) is 55.7 Å². The fourth-order valence-corrected chi connectivity index (χ4v) is 2.66. The quantitative estimate of drug-likeness (QED) is 0.792. The maximum atomic E-state index is 5.74. The van der Waals surface area contributed by atoms with Gasteiger partial charge in [0.2, 0.25) is 0 Å². The predicted molar refractivity (Wildman–Crippen MR) is 97.0 cm³/mol. The number of ether oxygens (including phenoxy) is 3. The number of hydrogen-bond donors (Lipinski definition) is 1. The van der Waals surface area contributed by atoms with E-state index in [0.717, 1.165) is 35.9 Å². The van der Waals surface area contributed by atoms with Crippen LogP contribution in [0.15, 0.2) is 36.4 Å². The molecule has 0 aliphatic heterocycles. The molecule has 0 spiro atoms. The largest absolute Gasteiger partial charge is 0.493 e. The Labute approximate surface area is 144 Å². The van der Waals surface area contributed by atoms with Gasteiger partial charge in [-0.1, -0.05) is 18.2 Å². The summed E-state index contributed by atoms with van der Waals surface area (Å²) in [7, 11) is 3.32. The van der Waals surface area contributed by atoms with E-state index in [0.29, 0.717) is 0 Å². The first kappa shape index (κ1) is 18.1. The molecule has 0 fully saturated rings. The Hall–Kier alpha value is -2.20. The minimum Gasteiger partial charge on any atom is -0.493 e. The van der Waals surface area contributed by atoms with Crippen molar-refractivity contribution in [1.29, 1.82) is 0 Å². The summed E-state index contributed by atoms with van der Waals surface area (Å²) in [6.07, 6.45) is 0.183. The van der Waals surface area contributed by atoms with Crippen molar-refractivity contribution in [2.75, 3.05) is 14.2 Å². The summed E-state index contributed by atoms with van der Waals surface area (Å²) in [5, 5.41) is 3.48. The predicted octanol–water partition coefficient (Wildman–Crippen LogP) is 4.09. The van der Waals surface area contributed by atoms with E-state index in [1.54, 1.807) is 14.2 Å². The second kappa shape index (κ2) is 8.60. The molecule has 130 valence electrons. The first-order valence-corrected chi connectivity index (χ1v) is 8.22. The van der Waals surface area contributed by atoms with E-state index in [2.05, 4.69) is 30.4 Å². The Morgan fingerprint density at radius 1 is 1.00 bits per heavy atom. The highest BCUT2D eigenvalue weighted by Gasteiger charge is 2.10. The van der Waals surface area contributed by atoms with Gasteiger partial charge in [0.25, 0.3) is 0 Å². The van der Waals surface area contributed by atoms with Crippen LogP contribution in [-0.2, 0) is 13.1 Å². The lowest BCUT2D eigenvalue weighted by Gasteiger charge is -2.15. The van der Waals surface area contributed by atoms with Gasteiger partial charge in [-0.3, -0.25) is 0 Å². The highest BCUT2D eigenvalue weighted by atomic mass is 16.5. The lowest BCUT2D eigenvalue weighted by molar-refractivity contribution is 0.242. The molecule has 0 aromatic heterocycles.